The number of unbranched alkanes of at least 4 members (excludes halogenated alkanes) is 3. The summed E-state index contributed by atoms with van der Waals surface area (Å²) in [7, 11) is 3.92. The number of hydrogen-bond acceptors (Lipinski definition) is 2. The number of carboxylic acid groups (broad SMARTS) is 1. The van der Waals surface area contributed by atoms with E-state index < -0.39 is 5.97 Å². The van der Waals surface area contributed by atoms with E-state index in [1.165, 1.54) is 12.8 Å². The van der Waals surface area contributed by atoms with Gasteiger partial charge in [0.2, 0.25) is 0 Å². The van der Waals surface area contributed by atoms with Crippen LogP contribution in [0.25, 0.3) is 0 Å². The summed E-state index contributed by atoms with van der Waals surface area (Å²) in [6.07, 6.45) is 6.85. The van der Waals surface area contributed by atoms with E-state index in [1.54, 1.807) is 0 Å². The second-order valence-corrected chi connectivity index (χ2v) is 5.91. The maximum absolute atomic E-state index is 11.1. The Balaban J connectivity index is 4.29. The summed E-state index contributed by atoms with van der Waals surface area (Å²) in [6.45, 7) is 5.08. The van der Waals surface area contributed by atoms with E-state index in [0.29, 0.717) is 29.8 Å². The second kappa shape index (κ2) is 8.97. The third-order valence-corrected chi connectivity index (χ3v) is 3.33. The topological polar surface area (TPSA) is 57.5 Å². The summed E-state index contributed by atoms with van der Waals surface area (Å²) >= 11 is 0. The molecule has 0 saturated carbocycles. The van der Waals surface area contributed by atoms with Gasteiger partial charge >= 0.3 is 5.97 Å². The molecule has 1 unspecified atom stereocenters. The zero-order chi connectivity index (χ0) is 14.9. The monoisotopic (exact) mass is 272 g/mol. The molecule has 0 aromatic heterocycles. The van der Waals surface area contributed by atoms with Crippen molar-refractivity contribution >= 4 is 5.97 Å². The molecule has 0 aromatic rings. The number of allylic oxidation sites excluding steroid dienone is 1. The third-order valence-electron chi connectivity index (χ3n) is 3.33. The molecule has 0 bridgehead atoms. The minimum atomic E-state index is -0.750. The molecule has 0 heterocycles. The van der Waals surface area contributed by atoms with Crippen molar-refractivity contribution in [2.75, 3.05) is 27.2 Å². The van der Waals surface area contributed by atoms with E-state index >= 15 is 0 Å². The SMILES string of the molecule is CCCCC/C=C(\O)C[N+](C)(C)CC(CC)C(=O)O. The zero-order valence-corrected chi connectivity index (χ0v) is 12.9. The van der Waals surface area contributed by atoms with Crippen molar-refractivity contribution < 1.29 is 19.5 Å². The average molecular weight is 272 g/mol. The smallest absolute Gasteiger partial charge is 0.312 e. The average Bonchev–Trinajstić information content (AvgIpc) is 2.30. The van der Waals surface area contributed by atoms with Crippen LogP contribution in [0.1, 0.15) is 46.0 Å². The van der Waals surface area contributed by atoms with Crippen LogP contribution in [0.5, 0.6) is 0 Å². The van der Waals surface area contributed by atoms with Crippen LogP contribution in [-0.4, -0.2) is 47.9 Å². The van der Waals surface area contributed by atoms with Gasteiger partial charge in [-0.1, -0.05) is 26.7 Å². The molecular formula is C15H30NO3+. The van der Waals surface area contributed by atoms with Gasteiger partial charge in [0.1, 0.15) is 18.2 Å². The highest BCUT2D eigenvalue weighted by atomic mass is 16.4. The fourth-order valence-electron chi connectivity index (χ4n) is 2.21. The molecule has 0 aliphatic heterocycles. The standard InChI is InChI=1S/C15H29NO3/c1-5-7-8-9-10-14(17)12-16(3,4)11-13(6-2)15(18)19/h10,13H,5-9,11-12H2,1-4H3,(H-,17,18,19)/p+1/b14-10-. The van der Waals surface area contributed by atoms with Gasteiger partial charge in [0.15, 0.2) is 0 Å². The molecule has 0 fully saturated rings. The van der Waals surface area contributed by atoms with Crippen LogP contribution in [0, 0.1) is 5.92 Å². The highest BCUT2D eigenvalue weighted by Gasteiger charge is 2.26. The van der Waals surface area contributed by atoms with Crippen LogP contribution in [0.15, 0.2) is 11.8 Å². The van der Waals surface area contributed by atoms with Gasteiger partial charge in [-0.05, 0) is 25.3 Å². The highest BCUT2D eigenvalue weighted by molar-refractivity contribution is 5.69. The van der Waals surface area contributed by atoms with Gasteiger partial charge in [0.25, 0.3) is 0 Å². The molecule has 0 rings (SSSR count). The normalized spacial score (nSPS) is 14.4. The number of rotatable bonds is 10. The van der Waals surface area contributed by atoms with Gasteiger partial charge in [-0.25, -0.2) is 0 Å². The molecule has 0 aliphatic carbocycles. The first-order chi connectivity index (χ1) is 8.82. The van der Waals surface area contributed by atoms with Gasteiger partial charge < -0.3 is 14.7 Å². The summed E-state index contributed by atoms with van der Waals surface area (Å²) in [4.78, 5) is 11.1. The van der Waals surface area contributed by atoms with Gasteiger partial charge in [-0.3, -0.25) is 4.79 Å². The first kappa shape index (κ1) is 18.0. The van der Waals surface area contributed by atoms with E-state index in [0.717, 1.165) is 12.8 Å². The van der Waals surface area contributed by atoms with Crippen LogP contribution >= 0.6 is 0 Å². The second-order valence-electron chi connectivity index (χ2n) is 5.91. The molecule has 2 N–H and O–H groups in total. The Morgan fingerprint density at radius 3 is 2.32 bits per heavy atom. The summed E-state index contributed by atoms with van der Waals surface area (Å²) < 4.78 is 0.501. The summed E-state index contributed by atoms with van der Waals surface area (Å²) in [5, 5.41) is 19.0. The molecule has 4 nitrogen and oxygen atoms in total. The fourth-order valence-corrected chi connectivity index (χ4v) is 2.21. The summed E-state index contributed by atoms with van der Waals surface area (Å²) in [6, 6.07) is 0. The fraction of sp³-hybridized carbons (Fsp3) is 0.800. The van der Waals surface area contributed by atoms with Crippen molar-refractivity contribution in [3.8, 4) is 0 Å². The Kier molecular flexibility index (Phi) is 8.48. The Bertz CT molecular complexity index is 298. The number of likely N-dealkylation sites (N-methyl/N-ethyl adjacent to an activating group) is 1. The predicted molar refractivity (Wildman–Crippen MR) is 78.1 cm³/mol. The molecule has 4 heteroatoms. The van der Waals surface area contributed by atoms with E-state index in [1.807, 2.05) is 27.1 Å². The van der Waals surface area contributed by atoms with Gasteiger partial charge in [-0.2, -0.15) is 0 Å². The lowest BCUT2D eigenvalue weighted by Crippen LogP contribution is -2.46. The van der Waals surface area contributed by atoms with Gasteiger partial charge in [-0.15, -0.1) is 0 Å². The molecule has 0 aliphatic rings. The predicted octanol–water partition coefficient (Wildman–Crippen LogP) is 3.20. The van der Waals surface area contributed by atoms with Crippen LogP contribution < -0.4 is 0 Å². The zero-order valence-electron chi connectivity index (χ0n) is 12.9. The number of nitrogens with zero attached hydrogens (tertiary/aromatic N) is 1. The quantitative estimate of drug-likeness (QED) is 0.365. The number of carbonyl (C=O) groups is 1. The molecule has 0 spiro atoms. The number of carboxylic acids is 1. The lowest BCUT2D eigenvalue weighted by Gasteiger charge is -2.31. The van der Waals surface area contributed by atoms with E-state index in [9.17, 15) is 9.90 Å². The molecule has 0 aromatic carbocycles. The van der Waals surface area contributed by atoms with Crippen LogP contribution in [-0.2, 0) is 4.79 Å². The molecule has 0 radical (unpaired) electrons. The van der Waals surface area contributed by atoms with E-state index in [2.05, 4.69) is 6.92 Å². The van der Waals surface area contributed by atoms with Crippen molar-refractivity contribution in [1.29, 1.82) is 0 Å². The Labute approximate surface area is 117 Å². The van der Waals surface area contributed by atoms with Crippen molar-refractivity contribution in [3.05, 3.63) is 11.8 Å². The molecule has 0 amide bonds. The Hall–Kier alpha value is -1.03. The highest BCUT2D eigenvalue weighted by Crippen LogP contribution is 2.12. The van der Waals surface area contributed by atoms with E-state index in [-0.39, 0.29) is 5.92 Å². The van der Waals surface area contributed by atoms with Gasteiger partial charge in [0.05, 0.1) is 20.6 Å². The first-order valence-corrected chi connectivity index (χ1v) is 7.25. The minimum Gasteiger partial charge on any atom is -0.507 e. The minimum absolute atomic E-state index is 0.345. The largest absolute Gasteiger partial charge is 0.507 e. The maximum Gasteiger partial charge on any atom is 0.312 e. The number of aliphatic hydroxyl groups excluding tert-OH is 1. The summed E-state index contributed by atoms with van der Waals surface area (Å²) in [5.41, 5.74) is 0. The molecule has 19 heavy (non-hydrogen) atoms. The number of aliphatic hydroxyl groups is 1. The van der Waals surface area contributed by atoms with Crippen LogP contribution in [0.4, 0.5) is 0 Å². The summed E-state index contributed by atoms with van der Waals surface area (Å²) in [5.74, 6) is -0.718. The molecular weight excluding hydrogens is 242 g/mol. The molecule has 112 valence electrons. The Morgan fingerprint density at radius 1 is 1.21 bits per heavy atom. The number of quaternary nitrogens is 1. The van der Waals surface area contributed by atoms with Crippen molar-refractivity contribution in [2.45, 2.75) is 46.0 Å². The van der Waals surface area contributed by atoms with Crippen molar-refractivity contribution in [1.82, 2.24) is 0 Å². The number of aliphatic carboxylic acids is 1. The molecule has 1 atom stereocenters. The Morgan fingerprint density at radius 2 is 1.84 bits per heavy atom. The van der Waals surface area contributed by atoms with Crippen molar-refractivity contribution in [3.63, 3.8) is 0 Å². The van der Waals surface area contributed by atoms with Crippen LogP contribution in [0.3, 0.4) is 0 Å². The van der Waals surface area contributed by atoms with E-state index in [4.69, 9.17) is 5.11 Å². The van der Waals surface area contributed by atoms with Gasteiger partial charge in [0, 0.05) is 0 Å². The lowest BCUT2D eigenvalue weighted by atomic mass is 10.1. The van der Waals surface area contributed by atoms with Crippen molar-refractivity contribution in [2.24, 2.45) is 5.92 Å². The first-order valence-electron chi connectivity index (χ1n) is 7.25. The molecule has 0 saturated heterocycles. The third kappa shape index (κ3) is 8.65. The number of hydrogen-bond donors (Lipinski definition) is 2. The maximum atomic E-state index is 11.1. The lowest BCUT2D eigenvalue weighted by molar-refractivity contribution is -0.889. The van der Waals surface area contributed by atoms with Crippen LogP contribution in [0.2, 0.25) is 0 Å².